The van der Waals surface area contributed by atoms with Gasteiger partial charge in [-0.25, -0.2) is 0 Å². The maximum Gasteiger partial charge on any atom is 0.234 e. The van der Waals surface area contributed by atoms with Gasteiger partial charge in [-0.3, -0.25) is 9.69 Å². The van der Waals surface area contributed by atoms with Crippen LogP contribution in [0.5, 0.6) is 0 Å². The van der Waals surface area contributed by atoms with Gasteiger partial charge in [-0.05, 0) is 45.2 Å². The Morgan fingerprint density at radius 2 is 1.95 bits per heavy atom. The van der Waals surface area contributed by atoms with Crippen LogP contribution in [-0.2, 0) is 4.79 Å². The first kappa shape index (κ1) is 15.8. The first-order valence-electron chi connectivity index (χ1n) is 8.53. The van der Waals surface area contributed by atoms with Gasteiger partial charge in [-0.1, -0.05) is 26.2 Å². The predicted octanol–water partition coefficient (Wildman–Crippen LogP) is 1.90. The molecule has 1 saturated carbocycles. The van der Waals surface area contributed by atoms with Crippen LogP contribution in [0, 0.1) is 0 Å². The minimum atomic E-state index is 0.223. The number of carbonyl (C=O) groups excluding carboxylic acids is 1. The second kappa shape index (κ2) is 8.63. The van der Waals surface area contributed by atoms with Crippen molar-refractivity contribution in [1.29, 1.82) is 0 Å². The fourth-order valence-electron chi connectivity index (χ4n) is 3.49. The number of hydrogen-bond donors (Lipinski definition) is 2. The maximum atomic E-state index is 12.2. The molecule has 1 amide bonds. The number of amides is 1. The molecule has 0 aromatic carbocycles. The van der Waals surface area contributed by atoms with Crippen molar-refractivity contribution in [3.63, 3.8) is 0 Å². The third-order valence-corrected chi connectivity index (χ3v) is 4.52. The molecule has 4 nitrogen and oxygen atoms in total. The summed E-state index contributed by atoms with van der Waals surface area (Å²) in [6.07, 6.45) is 9.88. The molecule has 4 heteroatoms. The second-order valence-electron chi connectivity index (χ2n) is 6.43. The average Bonchev–Trinajstić information content (AvgIpc) is 2.93. The van der Waals surface area contributed by atoms with Crippen LogP contribution in [0.4, 0.5) is 0 Å². The SMILES string of the molecule is CCCN(CC(=O)NC1CCCC1)CC1CCCCN1. The van der Waals surface area contributed by atoms with E-state index in [-0.39, 0.29) is 5.91 Å². The molecular formula is C16H31N3O. The molecule has 1 aliphatic heterocycles. The Balaban J connectivity index is 1.73. The van der Waals surface area contributed by atoms with Crippen molar-refractivity contribution in [1.82, 2.24) is 15.5 Å². The van der Waals surface area contributed by atoms with E-state index in [2.05, 4.69) is 22.5 Å². The van der Waals surface area contributed by atoms with Crippen LogP contribution in [0.15, 0.2) is 0 Å². The summed E-state index contributed by atoms with van der Waals surface area (Å²) in [7, 11) is 0. The van der Waals surface area contributed by atoms with Crippen LogP contribution in [0.3, 0.4) is 0 Å². The van der Waals surface area contributed by atoms with Gasteiger partial charge < -0.3 is 10.6 Å². The number of carbonyl (C=O) groups is 1. The van der Waals surface area contributed by atoms with E-state index in [9.17, 15) is 4.79 Å². The third kappa shape index (κ3) is 5.41. The minimum absolute atomic E-state index is 0.223. The first-order chi connectivity index (χ1) is 9.78. The summed E-state index contributed by atoms with van der Waals surface area (Å²) in [5.41, 5.74) is 0. The number of nitrogens with zero attached hydrogens (tertiary/aromatic N) is 1. The molecule has 0 bridgehead atoms. The number of rotatable bonds is 7. The van der Waals surface area contributed by atoms with Gasteiger partial charge >= 0.3 is 0 Å². The van der Waals surface area contributed by atoms with Crippen LogP contribution >= 0.6 is 0 Å². The van der Waals surface area contributed by atoms with Crippen molar-refractivity contribution in [2.24, 2.45) is 0 Å². The van der Waals surface area contributed by atoms with E-state index in [0.29, 0.717) is 18.6 Å². The van der Waals surface area contributed by atoms with E-state index in [1.54, 1.807) is 0 Å². The Morgan fingerprint density at radius 3 is 2.60 bits per heavy atom. The molecule has 1 atom stereocenters. The molecule has 1 aliphatic carbocycles. The molecule has 2 fully saturated rings. The van der Waals surface area contributed by atoms with E-state index in [1.807, 2.05) is 0 Å². The van der Waals surface area contributed by atoms with Crippen LogP contribution < -0.4 is 10.6 Å². The molecule has 1 unspecified atom stereocenters. The van der Waals surface area contributed by atoms with E-state index in [1.165, 1.54) is 44.9 Å². The lowest BCUT2D eigenvalue weighted by Gasteiger charge is -2.30. The molecule has 1 heterocycles. The molecule has 0 aromatic heterocycles. The van der Waals surface area contributed by atoms with Gasteiger partial charge in [0.1, 0.15) is 0 Å². The highest BCUT2D eigenvalue weighted by molar-refractivity contribution is 5.78. The third-order valence-electron chi connectivity index (χ3n) is 4.52. The topological polar surface area (TPSA) is 44.4 Å². The largest absolute Gasteiger partial charge is 0.352 e. The molecular weight excluding hydrogens is 250 g/mol. The highest BCUT2D eigenvalue weighted by Gasteiger charge is 2.21. The van der Waals surface area contributed by atoms with Crippen molar-refractivity contribution in [3.8, 4) is 0 Å². The van der Waals surface area contributed by atoms with E-state index < -0.39 is 0 Å². The van der Waals surface area contributed by atoms with Crippen molar-refractivity contribution >= 4 is 5.91 Å². The zero-order valence-corrected chi connectivity index (χ0v) is 13.0. The van der Waals surface area contributed by atoms with E-state index in [0.717, 1.165) is 26.1 Å². The molecule has 0 aromatic rings. The maximum absolute atomic E-state index is 12.2. The lowest BCUT2D eigenvalue weighted by atomic mass is 10.0. The molecule has 2 rings (SSSR count). The van der Waals surface area contributed by atoms with Gasteiger partial charge in [0.25, 0.3) is 0 Å². The summed E-state index contributed by atoms with van der Waals surface area (Å²) in [5, 5.41) is 6.78. The molecule has 20 heavy (non-hydrogen) atoms. The summed E-state index contributed by atoms with van der Waals surface area (Å²) in [6.45, 7) is 5.94. The van der Waals surface area contributed by atoms with Crippen LogP contribution in [-0.4, -0.2) is 49.1 Å². The van der Waals surface area contributed by atoms with Gasteiger partial charge in [-0.2, -0.15) is 0 Å². The van der Waals surface area contributed by atoms with Crippen LogP contribution in [0.2, 0.25) is 0 Å². The van der Waals surface area contributed by atoms with Gasteiger partial charge in [0.15, 0.2) is 0 Å². The minimum Gasteiger partial charge on any atom is -0.352 e. The Bertz CT molecular complexity index is 283. The molecule has 0 spiro atoms. The number of piperidine rings is 1. The van der Waals surface area contributed by atoms with Gasteiger partial charge in [-0.15, -0.1) is 0 Å². The fourth-order valence-corrected chi connectivity index (χ4v) is 3.49. The van der Waals surface area contributed by atoms with Crippen molar-refractivity contribution < 1.29 is 4.79 Å². The Morgan fingerprint density at radius 1 is 1.20 bits per heavy atom. The summed E-state index contributed by atoms with van der Waals surface area (Å²) < 4.78 is 0. The lowest BCUT2D eigenvalue weighted by molar-refractivity contribution is -0.123. The van der Waals surface area contributed by atoms with Gasteiger partial charge in [0, 0.05) is 18.6 Å². The summed E-state index contributed by atoms with van der Waals surface area (Å²) in [4.78, 5) is 14.5. The van der Waals surface area contributed by atoms with Gasteiger partial charge in [0.05, 0.1) is 6.54 Å². The molecule has 2 N–H and O–H groups in total. The van der Waals surface area contributed by atoms with E-state index >= 15 is 0 Å². The fraction of sp³-hybridized carbons (Fsp3) is 0.938. The molecule has 116 valence electrons. The zero-order chi connectivity index (χ0) is 14.2. The molecule has 1 saturated heterocycles. The number of hydrogen-bond acceptors (Lipinski definition) is 3. The summed E-state index contributed by atoms with van der Waals surface area (Å²) in [6, 6.07) is 1.02. The average molecular weight is 281 g/mol. The van der Waals surface area contributed by atoms with Crippen LogP contribution in [0.25, 0.3) is 0 Å². The number of nitrogens with one attached hydrogen (secondary N) is 2. The lowest BCUT2D eigenvalue weighted by Crippen LogP contribution is -2.48. The van der Waals surface area contributed by atoms with E-state index in [4.69, 9.17) is 0 Å². The second-order valence-corrected chi connectivity index (χ2v) is 6.43. The van der Waals surface area contributed by atoms with Crippen molar-refractivity contribution in [2.75, 3.05) is 26.2 Å². The van der Waals surface area contributed by atoms with Crippen molar-refractivity contribution in [2.45, 2.75) is 70.4 Å². The Hall–Kier alpha value is -0.610. The van der Waals surface area contributed by atoms with Gasteiger partial charge in [0.2, 0.25) is 5.91 Å². The zero-order valence-electron chi connectivity index (χ0n) is 13.0. The Kier molecular flexibility index (Phi) is 6.80. The van der Waals surface area contributed by atoms with Crippen LogP contribution in [0.1, 0.15) is 58.3 Å². The molecule has 0 radical (unpaired) electrons. The monoisotopic (exact) mass is 281 g/mol. The standard InChI is InChI=1S/C16H31N3O/c1-2-11-19(12-15-9-5-6-10-17-15)13-16(20)18-14-7-3-4-8-14/h14-15,17H,2-13H2,1H3,(H,18,20). The predicted molar refractivity (Wildman–Crippen MR) is 82.8 cm³/mol. The summed E-state index contributed by atoms with van der Waals surface area (Å²) >= 11 is 0. The summed E-state index contributed by atoms with van der Waals surface area (Å²) in [5.74, 6) is 0.223. The molecule has 2 aliphatic rings. The first-order valence-corrected chi connectivity index (χ1v) is 8.53. The normalized spacial score (nSPS) is 24.2. The highest BCUT2D eigenvalue weighted by atomic mass is 16.2. The quantitative estimate of drug-likeness (QED) is 0.749. The Labute approximate surface area is 123 Å². The highest BCUT2D eigenvalue weighted by Crippen LogP contribution is 2.17. The smallest absolute Gasteiger partial charge is 0.234 e. The van der Waals surface area contributed by atoms with Crippen molar-refractivity contribution in [3.05, 3.63) is 0 Å².